The van der Waals surface area contributed by atoms with E-state index in [-0.39, 0.29) is 21.9 Å². The number of likely N-dealkylation sites (tertiary alicyclic amines) is 1. The molecule has 2 aromatic carbocycles. The minimum Gasteiger partial charge on any atom is -0.633 e. The van der Waals surface area contributed by atoms with Crippen LogP contribution in [-0.4, -0.2) is 59.5 Å². The van der Waals surface area contributed by atoms with Crippen molar-refractivity contribution in [2.45, 2.75) is 38.6 Å². The molecule has 5 rings (SSSR count). The van der Waals surface area contributed by atoms with Crippen LogP contribution >= 0.6 is 0 Å². The first-order chi connectivity index (χ1) is 17.4. The number of rotatable bonds is 6. The highest BCUT2D eigenvalue weighted by molar-refractivity contribution is 5.75. The summed E-state index contributed by atoms with van der Waals surface area (Å²) in [4.78, 5) is 11.7. The van der Waals surface area contributed by atoms with Crippen molar-refractivity contribution in [2.24, 2.45) is 5.41 Å². The average Bonchev–Trinajstić information content (AvgIpc) is 2.89. The van der Waals surface area contributed by atoms with E-state index < -0.39 is 0 Å². The van der Waals surface area contributed by atoms with Gasteiger partial charge < -0.3 is 25.2 Å². The lowest BCUT2D eigenvalue weighted by molar-refractivity contribution is -0.889. The van der Waals surface area contributed by atoms with Crippen LogP contribution in [-0.2, 0) is 0 Å². The minimum absolute atomic E-state index is 0.0388. The van der Waals surface area contributed by atoms with Crippen molar-refractivity contribution in [1.29, 1.82) is 0 Å². The second-order valence-corrected chi connectivity index (χ2v) is 10.6. The van der Waals surface area contributed by atoms with Crippen LogP contribution in [0.1, 0.15) is 44.2 Å². The molecule has 0 amide bonds. The van der Waals surface area contributed by atoms with E-state index in [1.54, 1.807) is 6.92 Å². The lowest BCUT2D eigenvalue weighted by atomic mass is 9.72. The molecular weight excluding hydrogens is 450 g/mol. The molecule has 2 aliphatic rings. The lowest BCUT2D eigenvalue weighted by Crippen LogP contribution is -2.58. The van der Waals surface area contributed by atoms with E-state index >= 15 is 0 Å². The summed E-state index contributed by atoms with van der Waals surface area (Å²) in [6.45, 7) is 4.99. The Hall–Kier alpha value is -3.00. The van der Waals surface area contributed by atoms with Crippen LogP contribution in [0, 0.1) is 10.6 Å². The number of allylic oxidation sites excluding steroid dienone is 1. The second-order valence-electron chi connectivity index (χ2n) is 10.6. The Morgan fingerprint density at radius 2 is 1.78 bits per heavy atom. The number of hydroxylamine groups is 3. The Kier molecular flexibility index (Phi) is 6.97. The fourth-order valence-electron chi connectivity index (χ4n) is 6.28. The number of aliphatic hydroxyl groups excluding tert-OH is 1. The van der Waals surface area contributed by atoms with Crippen LogP contribution < -0.4 is 10.2 Å². The van der Waals surface area contributed by atoms with Crippen molar-refractivity contribution < 1.29 is 9.75 Å². The van der Waals surface area contributed by atoms with Gasteiger partial charge in [-0.3, -0.25) is 4.98 Å². The van der Waals surface area contributed by atoms with Gasteiger partial charge in [-0.05, 0) is 57.4 Å². The van der Waals surface area contributed by atoms with Crippen LogP contribution in [0.15, 0.2) is 72.1 Å². The first kappa shape index (κ1) is 24.7. The first-order valence-electron chi connectivity index (χ1n) is 13.1. The smallest absolute Gasteiger partial charge is 0.147 e. The monoisotopic (exact) mass is 487 g/mol. The number of anilines is 1. The SMILES string of the molecule is CNC(/C(C[N+]1([O-])CCCC2(CCN(c3cnc4ccccc4n3)CC2)C1)=C(/C)O)c1ccccc1. The molecule has 2 fully saturated rings. The number of piperidine rings is 2. The number of likely N-dealkylation sites (N-methyl/N-ethyl adjacent to an activating group) is 1. The molecule has 3 aromatic rings. The summed E-state index contributed by atoms with van der Waals surface area (Å²) in [6, 6.07) is 17.8. The zero-order valence-electron chi connectivity index (χ0n) is 21.4. The fourth-order valence-corrected chi connectivity index (χ4v) is 6.28. The predicted octanol–water partition coefficient (Wildman–Crippen LogP) is 5.12. The molecule has 1 aromatic heterocycles. The quantitative estimate of drug-likeness (QED) is 0.285. The molecule has 2 unspecified atom stereocenters. The van der Waals surface area contributed by atoms with Gasteiger partial charge in [-0.25, -0.2) is 4.98 Å². The van der Waals surface area contributed by atoms with Gasteiger partial charge in [0, 0.05) is 24.1 Å². The fraction of sp³-hybridized carbons (Fsp3) is 0.448. The van der Waals surface area contributed by atoms with E-state index in [4.69, 9.17) is 4.98 Å². The zero-order valence-corrected chi connectivity index (χ0v) is 21.4. The Labute approximate surface area is 213 Å². The van der Waals surface area contributed by atoms with E-state index in [1.807, 2.05) is 67.8 Å². The summed E-state index contributed by atoms with van der Waals surface area (Å²) in [7, 11) is 1.89. The molecule has 2 atom stereocenters. The summed E-state index contributed by atoms with van der Waals surface area (Å²) >= 11 is 0. The van der Waals surface area contributed by atoms with Crippen molar-refractivity contribution in [3.05, 3.63) is 82.9 Å². The van der Waals surface area contributed by atoms with Crippen LogP contribution in [0.4, 0.5) is 5.82 Å². The number of aliphatic hydroxyl groups is 1. The van der Waals surface area contributed by atoms with Crippen molar-refractivity contribution in [2.75, 3.05) is 44.7 Å². The molecule has 2 N–H and O–H groups in total. The van der Waals surface area contributed by atoms with E-state index in [1.165, 1.54) is 0 Å². The third-order valence-electron chi connectivity index (χ3n) is 8.17. The Balaban J connectivity index is 1.30. The number of quaternary nitrogens is 1. The number of para-hydroxylation sites is 2. The van der Waals surface area contributed by atoms with E-state index in [2.05, 4.69) is 15.2 Å². The van der Waals surface area contributed by atoms with Crippen molar-refractivity contribution >= 4 is 16.9 Å². The number of hydrogen-bond acceptors (Lipinski definition) is 6. The van der Waals surface area contributed by atoms with Crippen molar-refractivity contribution in [3.8, 4) is 0 Å². The van der Waals surface area contributed by atoms with Crippen LogP contribution in [0.3, 0.4) is 0 Å². The molecule has 190 valence electrons. The summed E-state index contributed by atoms with van der Waals surface area (Å²) in [5.74, 6) is 1.17. The molecular formula is C29H37N5O2. The molecule has 2 aliphatic heterocycles. The van der Waals surface area contributed by atoms with Gasteiger partial charge in [-0.2, -0.15) is 0 Å². The number of nitrogens with zero attached hydrogens (tertiary/aromatic N) is 4. The Morgan fingerprint density at radius 3 is 2.47 bits per heavy atom. The average molecular weight is 488 g/mol. The standard InChI is InChI=1S/C29H37N5O2/c1-22(35)24(28(30-2)23-9-4-3-5-10-23)20-34(36)18-8-13-29(21-34)14-16-33(17-15-29)27-19-31-25-11-6-7-12-26(25)32-27/h3-7,9-12,19,28,30,35H,8,13-18,20-21H2,1-2H3/b24-22-. The topological polar surface area (TPSA) is 84.3 Å². The van der Waals surface area contributed by atoms with E-state index in [0.29, 0.717) is 19.6 Å². The van der Waals surface area contributed by atoms with Crippen LogP contribution in [0.25, 0.3) is 11.0 Å². The Bertz CT molecular complexity index is 1220. The van der Waals surface area contributed by atoms with Gasteiger partial charge in [0.25, 0.3) is 0 Å². The van der Waals surface area contributed by atoms with Gasteiger partial charge in [0.1, 0.15) is 12.4 Å². The number of fused-ring (bicyclic) bond motifs is 1. The molecule has 7 heteroatoms. The number of hydrogen-bond donors (Lipinski definition) is 2. The van der Waals surface area contributed by atoms with Gasteiger partial charge in [-0.1, -0.05) is 42.5 Å². The van der Waals surface area contributed by atoms with Crippen LogP contribution in [0.5, 0.6) is 0 Å². The normalized spacial score (nSPS) is 23.5. The molecule has 7 nitrogen and oxygen atoms in total. The van der Waals surface area contributed by atoms with Gasteiger partial charge in [-0.15, -0.1) is 0 Å². The maximum Gasteiger partial charge on any atom is 0.147 e. The molecule has 0 bridgehead atoms. The van der Waals surface area contributed by atoms with Crippen LogP contribution in [0.2, 0.25) is 0 Å². The maximum atomic E-state index is 14.2. The lowest BCUT2D eigenvalue weighted by Gasteiger charge is -2.55. The molecule has 0 aliphatic carbocycles. The summed E-state index contributed by atoms with van der Waals surface area (Å²) in [5, 5.41) is 28.1. The van der Waals surface area contributed by atoms with E-state index in [9.17, 15) is 10.3 Å². The molecule has 36 heavy (non-hydrogen) atoms. The minimum atomic E-state index is -0.270. The summed E-state index contributed by atoms with van der Waals surface area (Å²) < 4.78 is -0.270. The highest BCUT2D eigenvalue weighted by atomic mass is 16.5. The molecule has 1 spiro atoms. The summed E-state index contributed by atoms with van der Waals surface area (Å²) in [5.41, 5.74) is 3.72. The van der Waals surface area contributed by atoms with Gasteiger partial charge in [0.2, 0.25) is 0 Å². The van der Waals surface area contributed by atoms with Gasteiger partial charge in [0.05, 0.1) is 42.1 Å². The van der Waals surface area contributed by atoms with Crippen molar-refractivity contribution in [1.82, 2.24) is 15.3 Å². The van der Waals surface area contributed by atoms with E-state index in [0.717, 1.165) is 66.8 Å². The second kappa shape index (κ2) is 10.2. The highest BCUT2D eigenvalue weighted by Gasteiger charge is 2.44. The third-order valence-corrected chi connectivity index (χ3v) is 8.17. The Morgan fingerprint density at radius 1 is 1.08 bits per heavy atom. The maximum absolute atomic E-state index is 14.2. The number of aromatic nitrogens is 2. The molecule has 0 radical (unpaired) electrons. The third kappa shape index (κ3) is 5.09. The largest absolute Gasteiger partial charge is 0.633 e. The molecule has 3 heterocycles. The summed E-state index contributed by atoms with van der Waals surface area (Å²) in [6.07, 6.45) is 5.85. The van der Waals surface area contributed by atoms with Crippen molar-refractivity contribution in [3.63, 3.8) is 0 Å². The van der Waals surface area contributed by atoms with Gasteiger partial charge >= 0.3 is 0 Å². The zero-order chi connectivity index (χ0) is 25.2. The molecule has 0 saturated carbocycles. The highest BCUT2D eigenvalue weighted by Crippen LogP contribution is 2.43. The number of benzene rings is 2. The predicted molar refractivity (Wildman–Crippen MR) is 144 cm³/mol. The van der Waals surface area contributed by atoms with Gasteiger partial charge in [0.15, 0.2) is 0 Å². The number of nitrogens with one attached hydrogen (secondary N) is 1. The molecule has 2 saturated heterocycles. The first-order valence-corrected chi connectivity index (χ1v) is 13.1.